The van der Waals surface area contributed by atoms with Gasteiger partial charge in [-0.15, -0.1) is 0 Å². The van der Waals surface area contributed by atoms with Crippen LogP contribution in [0.25, 0.3) is 0 Å². The number of carbonyl (C=O) groups is 1. The number of ether oxygens (including phenoxy) is 1. The van der Waals surface area contributed by atoms with E-state index in [0.29, 0.717) is 24.4 Å². The van der Waals surface area contributed by atoms with Crippen molar-refractivity contribution in [2.45, 2.75) is 37.4 Å². The van der Waals surface area contributed by atoms with Gasteiger partial charge < -0.3 is 20.7 Å². The molecule has 2 aromatic rings. The lowest BCUT2D eigenvalue weighted by molar-refractivity contribution is -0.123. The van der Waals surface area contributed by atoms with Crippen molar-refractivity contribution in [1.82, 2.24) is 15.5 Å². The summed E-state index contributed by atoms with van der Waals surface area (Å²) < 4.78 is 6.39. The number of hydrogen-bond donors (Lipinski definition) is 3. The normalized spacial score (nSPS) is 25.4. The van der Waals surface area contributed by atoms with Crippen molar-refractivity contribution in [2.75, 3.05) is 44.7 Å². The van der Waals surface area contributed by atoms with E-state index in [4.69, 9.17) is 27.9 Å². The Morgan fingerprint density at radius 2 is 1.95 bits per heavy atom. The average molecular weight is 620 g/mol. The van der Waals surface area contributed by atoms with Crippen LogP contribution < -0.4 is 16.0 Å². The summed E-state index contributed by atoms with van der Waals surface area (Å²) in [7, 11) is 0. The molecule has 5 rings (SSSR count). The third kappa shape index (κ3) is 5.98. The van der Waals surface area contributed by atoms with Crippen LogP contribution in [-0.4, -0.2) is 61.3 Å². The second-order valence-electron chi connectivity index (χ2n) is 10.4. The van der Waals surface area contributed by atoms with E-state index >= 15 is 0 Å². The van der Waals surface area contributed by atoms with Gasteiger partial charge in [0, 0.05) is 65.8 Å². The Hall–Kier alpha value is -1.87. The Morgan fingerprint density at radius 1 is 1.13 bits per heavy atom. The molecule has 2 saturated heterocycles. The van der Waals surface area contributed by atoms with Crippen LogP contribution in [0.15, 0.2) is 69.7 Å². The van der Waals surface area contributed by atoms with E-state index in [1.165, 1.54) is 0 Å². The van der Waals surface area contributed by atoms with Crippen LogP contribution in [0.3, 0.4) is 0 Å². The second-order valence-corrected chi connectivity index (χ2v) is 12.3. The monoisotopic (exact) mass is 618 g/mol. The van der Waals surface area contributed by atoms with Gasteiger partial charge in [0.2, 0.25) is 0 Å². The topological polar surface area (TPSA) is 65.6 Å². The van der Waals surface area contributed by atoms with E-state index in [-0.39, 0.29) is 5.91 Å². The zero-order valence-corrected chi connectivity index (χ0v) is 24.6. The number of anilines is 1. The maximum Gasteiger partial charge on any atom is 0.251 e. The van der Waals surface area contributed by atoms with E-state index < -0.39 is 11.1 Å². The highest BCUT2D eigenvalue weighted by Gasteiger charge is 2.57. The van der Waals surface area contributed by atoms with Crippen molar-refractivity contribution in [3.05, 3.63) is 85.8 Å². The lowest BCUT2D eigenvalue weighted by atomic mass is 9.74. The standard InChI is InChI=1S/C29H33BrCl2N4O2/c1-28-18-24(32)7-8-26(28)29(27(37)35-28,17-20-3-2-4-23(31)15-20)34-25-16-22(30)6-5-21(25)19-33-9-10-36-11-13-38-14-12-36/h2-8,15-16,33-34H,9-14,17-19H2,1H3,(H,35,37). The van der Waals surface area contributed by atoms with Crippen molar-refractivity contribution >= 4 is 50.7 Å². The SMILES string of the molecule is CC12CC(Cl)=CC=C1C(Cc1cccc(Cl)c1)(Nc1cc(Br)ccc1CNCCN1CCOCC1)C(=O)N2. The largest absolute Gasteiger partial charge is 0.379 e. The first-order valence-electron chi connectivity index (χ1n) is 13.0. The Kier molecular flexibility index (Phi) is 8.53. The third-order valence-electron chi connectivity index (χ3n) is 7.59. The maximum atomic E-state index is 13.9. The Balaban J connectivity index is 1.44. The van der Waals surface area contributed by atoms with E-state index in [9.17, 15) is 4.79 Å². The molecule has 0 saturated carbocycles. The number of morpholine rings is 1. The first-order chi connectivity index (χ1) is 18.3. The summed E-state index contributed by atoms with van der Waals surface area (Å²) in [4.78, 5) is 16.4. The molecule has 9 heteroatoms. The minimum absolute atomic E-state index is 0.0720. The summed E-state index contributed by atoms with van der Waals surface area (Å²) in [6.07, 6.45) is 4.91. The molecule has 38 heavy (non-hydrogen) atoms. The fourth-order valence-corrected chi connectivity index (χ4v) is 6.59. The van der Waals surface area contributed by atoms with E-state index in [2.05, 4.69) is 42.8 Å². The highest BCUT2D eigenvalue weighted by molar-refractivity contribution is 9.10. The van der Waals surface area contributed by atoms with Crippen molar-refractivity contribution in [3.63, 3.8) is 0 Å². The van der Waals surface area contributed by atoms with Gasteiger partial charge in [-0.2, -0.15) is 0 Å². The lowest BCUT2D eigenvalue weighted by Crippen LogP contribution is -2.49. The lowest BCUT2D eigenvalue weighted by Gasteiger charge is -2.36. The summed E-state index contributed by atoms with van der Waals surface area (Å²) in [5, 5.41) is 11.9. The fourth-order valence-electron chi connectivity index (χ4n) is 5.68. The fraction of sp³-hybridized carbons (Fsp3) is 0.414. The first-order valence-corrected chi connectivity index (χ1v) is 14.5. The minimum atomic E-state index is -1.00. The molecule has 1 amide bonds. The number of fused-ring (bicyclic) bond motifs is 1. The first kappa shape index (κ1) is 27.7. The number of benzene rings is 2. The number of rotatable bonds is 9. The molecular weight excluding hydrogens is 587 g/mol. The molecule has 2 heterocycles. The molecule has 2 aliphatic heterocycles. The number of nitrogens with zero attached hydrogens (tertiary/aromatic N) is 1. The van der Waals surface area contributed by atoms with Gasteiger partial charge in [0.05, 0.1) is 18.8 Å². The van der Waals surface area contributed by atoms with Gasteiger partial charge in [0.25, 0.3) is 5.91 Å². The van der Waals surface area contributed by atoms with Crippen LogP contribution in [0.5, 0.6) is 0 Å². The van der Waals surface area contributed by atoms with Crippen LogP contribution in [-0.2, 0) is 22.5 Å². The van der Waals surface area contributed by atoms with Crippen molar-refractivity contribution in [2.24, 2.45) is 0 Å². The van der Waals surface area contributed by atoms with E-state index in [1.54, 1.807) is 0 Å². The van der Waals surface area contributed by atoms with E-state index in [0.717, 1.165) is 71.3 Å². The van der Waals surface area contributed by atoms with Crippen LogP contribution in [0.2, 0.25) is 5.02 Å². The van der Waals surface area contributed by atoms with Gasteiger partial charge in [-0.3, -0.25) is 9.69 Å². The van der Waals surface area contributed by atoms with Crippen LogP contribution in [0, 0.1) is 0 Å². The van der Waals surface area contributed by atoms with Crippen LogP contribution >= 0.6 is 39.1 Å². The number of amides is 1. The number of hydrogen-bond acceptors (Lipinski definition) is 5. The maximum absolute atomic E-state index is 13.9. The van der Waals surface area contributed by atoms with Gasteiger partial charge in [-0.05, 0) is 54.0 Å². The number of carbonyl (C=O) groups excluding carboxylic acids is 1. The molecule has 1 aliphatic carbocycles. The third-order valence-corrected chi connectivity index (χ3v) is 8.57. The van der Waals surface area contributed by atoms with Crippen molar-refractivity contribution in [1.29, 1.82) is 0 Å². The van der Waals surface area contributed by atoms with Gasteiger partial charge in [0.15, 0.2) is 0 Å². The molecule has 3 aliphatic rings. The quantitative estimate of drug-likeness (QED) is 0.334. The Bertz CT molecular complexity index is 1260. The number of halogens is 3. The zero-order valence-electron chi connectivity index (χ0n) is 21.5. The number of allylic oxidation sites excluding steroid dienone is 2. The summed E-state index contributed by atoms with van der Waals surface area (Å²) in [6.45, 7) is 8.11. The minimum Gasteiger partial charge on any atom is -0.379 e. The van der Waals surface area contributed by atoms with Crippen molar-refractivity contribution in [3.8, 4) is 0 Å². The summed E-state index contributed by atoms with van der Waals surface area (Å²) in [5.41, 5.74) is 2.37. The molecule has 2 atom stereocenters. The molecule has 2 fully saturated rings. The number of nitrogens with one attached hydrogen (secondary N) is 3. The molecule has 0 radical (unpaired) electrons. The van der Waals surface area contributed by atoms with Crippen molar-refractivity contribution < 1.29 is 9.53 Å². The molecule has 6 nitrogen and oxygen atoms in total. The van der Waals surface area contributed by atoms with Gasteiger partial charge in [0.1, 0.15) is 5.54 Å². The smallest absolute Gasteiger partial charge is 0.251 e. The molecule has 2 unspecified atom stereocenters. The highest BCUT2D eigenvalue weighted by atomic mass is 79.9. The van der Waals surface area contributed by atoms with E-state index in [1.807, 2.05) is 55.5 Å². The molecule has 0 bridgehead atoms. The van der Waals surface area contributed by atoms with Crippen LogP contribution in [0.4, 0.5) is 5.69 Å². The summed E-state index contributed by atoms with van der Waals surface area (Å²) in [5.74, 6) is -0.0720. The average Bonchev–Trinajstić information content (AvgIpc) is 3.08. The molecule has 0 aromatic heterocycles. The molecule has 2 aromatic carbocycles. The summed E-state index contributed by atoms with van der Waals surface area (Å²) >= 11 is 16.4. The Labute approximate surface area is 242 Å². The second kappa shape index (κ2) is 11.7. The van der Waals surface area contributed by atoms with Gasteiger partial charge in [-0.25, -0.2) is 0 Å². The zero-order chi connectivity index (χ0) is 26.8. The molecule has 202 valence electrons. The van der Waals surface area contributed by atoms with Crippen LogP contribution in [0.1, 0.15) is 24.5 Å². The predicted molar refractivity (Wildman–Crippen MR) is 158 cm³/mol. The summed E-state index contributed by atoms with van der Waals surface area (Å²) in [6, 6.07) is 13.9. The molecule has 0 spiro atoms. The highest BCUT2D eigenvalue weighted by Crippen LogP contribution is 2.46. The Morgan fingerprint density at radius 3 is 2.74 bits per heavy atom. The van der Waals surface area contributed by atoms with Gasteiger partial charge in [-0.1, -0.05) is 63.4 Å². The van der Waals surface area contributed by atoms with Gasteiger partial charge >= 0.3 is 0 Å². The predicted octanol–water partition coefficient (Wildman–Crippen LogP) is 5.26. The molecule has 3 N–H and O–H groups in total. The molecular formula is C29H33BrCl2N4O2.